The molecule has 7 heteroatoms. The minimum Gasteiger partial charge on any atom is -0.352 e. The first kappa shape index (κ1) is 28.4. The van der Waals surface area contributed by atoms with E-state index in [0.717, 1.165) is 61.0 Å². The van der Waals surface area contributed by atoms with Crippen molar-refractivity contribution in [3.8, 4) is 11.1 Å². The zero-order valence-electron chi connectivity index (χ0n) is 24.7. The van der Waals surface area contributed by atoms with Gasteiger partial charge in [-0.15, -0.1) is 0 Å². The number of nitrogens with one attached hydrogen (secondary N) is 2. The first-order chi connectivity index (χ1) is 19.9. The molecule has 2 aromatic carbocycles. The van der Waals surface area contributed by atoms with Gasteiger partial charge in [0.2, 0.25) is 5.91 Å². The van der Waals surface area contributed by atoms with Crippen molar-refractivity contribution in [2.75, 3.05) is 32.8 Å². The molecule has 5 fully saturated rings. The first-order valence-electron chi connectivity index (χ1n) is 15.8. The molecule has 5 aliphatic rings. The molecular weight excluding hydrogens is 512 g/mol. The van der Waals surface area contributed by atoms with Crippen molar-refractivity contribution in [1.29, 1.82) is 0 Å². The van der Waals surface area contributed by atoms with E-state index in [4.69, 9.17) is 4.84 Å². The number of carbonyl (C=O) groups is 2. The minimum absolute atomic E-state index is 0.0295. The number of piperidine rings is 1. The molecule has 2 N–H and O–H groups in total. The highest BCUT2D eigenvalue weighted by atomic mass is 16.7. The number of amides is 2. The highest BCUT2D eigenvalue weighted by Crippen LogP contribution is 2.59. The molecule has 3 saturated carbocycles. The quantitative estimate of drug-likeness (QED) is 0.452. The number of benzene rings is 2. The van der Waals surface area contributed by atoms with E-state index >= 15 is 0 Å². The number of likely N-dealkylation sites (tertiary alicyclic amines) is 1. The van der Waals surface area contributed by atoms with Gasteiger partial charge in [-0.2, -0.15) is 5.06 Å². The van der Waals surface area contributed by atoms with Crippen molar-refractivity contribution >= 4 is 11.8 Å². The van der Waals surface area contributed by atoms with Gasteiger partial charge in [-0.25, -0.2) is 0 Å². The van der Waals surface area contributed by atoms with Crippen molar-refractivity contribution in [3.63, 3.8) is 0 Å². The summed E-state index contributed by atoms with van der Waals surface area (Å²) in [6.07, 6.45) is 8.06. The zero-order valence-corrected chi connectivity index (χ0v) is 24.7. The first-order valence-corrected chi connectivity index (χ1v) is 15.8. The molecule has 7 rings (SSSR count). The largest absolute Gasteiger partial charge is 0.352 e. The summed E-state index contributed by atoms with van der Waals surface area (Å²) in [5, 5.41) is 8.31. The maximum absolute atomic E-state index is 13.3. The van der Waals surface area contributed by atoms with Crippen LogP contribution in [0.3, 0.4) is 0 Å². The van der Waals surface area contributed by atoms with Gasteiger partial charge in [0, 0.05) is 24.7 Å². The zero-order chi connectivity index (χ0) is 28.4. The van der Waals surface area contributed by atoms with E-state index in [1.54, 1.807) is 0 Å². The summed E-state index contributed by atoms with van der Waals surface area (Å²) in [6.45, 7) is 9.72. The Morgan fingerprint density at radius 1 is 0.951 bits per heavy atom. The number of fused-ring (bicyclic) bond motifs is 2. The maximum atomic E-state index is 13.3. The number of nitrogens with zero attached hydrogens (tertiary/aromatic N) is 2. The fourth-order valence-electron chi connectivity index (χ4n) is 7.54. The molecule has 1 unspecified atom stereocenters. The van der Waals surface area contributed by atoms with E-state index in [1.165, 1.54) is 25.7 Å². The molecule has 41 heavy (non-hydrogen) atoms. The Hall–Kier alpha value is -2.74. The molecule has 2 aromatic rings. The van der Waals surface area contributed by atoms with Crippen LogP contribution in [-0.2, 0) is 16.2 Å². The average Bonchev–Trinajstić information content (AvgIpc) is 3.46. The Morgan fingerprint density at radius 3 is 2.44 bits per heavy atom. The van der Waals surface area contributed by atoms with Gasteiger partial charge in [0.1, 0.15) is 6.04 Å². The highest BCUT2D eigenvalue weighted by molar-refractivity contribution is 5.95. The second-order valence-corrected chi connectivity index (χ2v) is 13.3. The summed E-state index contributed by atoms with van der Waals surface area (Å²) in [7, 11) is 0. The third-order valence-corrected chi connectivity index (χ3v) is 10.3. The molecule has 0 spiro atoms. The average molecular weight is 559 g/mol. The minimum atomic E-state index is -0.262. The van der Waals surface area contributed by atoms with Crippen molar-refractivity contribution in [3.05, 3.63) is 59.7 Å². The summed E-state index contributed by atoms with van der Waals surface area (Å²) < 4.78 is 0. The third kappa shape index (κ3) is 6.37. The van der Waals surface area contributed by atoms with Gasteiger partial charge < -0.3 is 15.5 Å². The third-order valence-electron chi connectivity index (χ3n) is 10.3. The van der Waals surface area contributed by atoms with Crippen LogP contribution >= 0.6 is 0 Å². The van der Waals surface area contributed by atoms with Crippen LogP contribution < -0.4 is 10.6 Å². The van der Waals surface area contributed by atoms with Gasteiger partial charge in [-0.05, 0) is 104 Å². The fraction of sp³-hybridized carbons (Fsp3) is 0.588. The lowest BCUT2D eigenvalue weighted by molar-refractivity contribution is -0.159. The molecule has 4 atom stereocenters. The normalized spacial score (nSPS) is 27.7. The van der Waals surface area contributed by atoms with Gasteiger partial charge in [-0.1, -0.05) is 50.6 Å². The summed E-state index contributed by atoms with van der Waals surface area (Å²) in [4.78, 5) is 34.5. The van der Waals surface area contributed by atoms with Crippen molar-refractivity contribution < 1.29 is 14.4 Å². The maximum Gasteiger partial charge on any atom is 0.251 e. The van der Waals surface area contributed by atoms with Crippen LogP contribution in [-0.4, -0.2) is 66.6 Å². The van der Waals surface area contributed by atoms with E-state index < -0.39 is 0 Å². The molecule has 7 nitrogen and oxygen atoms in total. The number of rotatable bonds is 9. The van der Waals surface area contributed by atoms with Crippen molar-refractivity contribution in [1.82, 2.24) is 20.6 Å². The van der Waals surface area contributed by atoms with E-state index in [0.29, 0.717) is 43.1 Å². The molecule has 2 heterocycles. The SMILES string of the molecule is CC1(C)[C@@H]2CC(NC(=O)[C@@H]3CCON3Cc3cccc(-c4cccc(C(=O)NCCN5CCCCC5)c4)c3)C[C@H]1C2. The van der Waals surface area contributed by atoms with Crippen LogP contribution in [0.4, 0.5) is 0 Å². The van der Waals surface area contributed by atoms with Crippen LogP contribution in [0.25, 0.3) is 11.1 Å². The Bertz CT molecular complexity index is 1230. The smallest absolute Gasteiger partial charge is 0.251 e. The lowest BCUT2D eigenvalue weighted by Crippen LogP contribution is -2.57. The molecule has 2 aliphatic heterocycles. The second kappa shape index (κ2) is 12.2. The van der Waals surface area contributed by atoms with Crippen molar-refractivity contribution in [2.24, 2.45) is 17.3 Å². The van der Waals surface area contributed by atoms with E-state index in [2.05, 4.69) is 47.6 Å². The van der Waals surface area contributed by atoms with Crippen LogP contribution in [0.2, 0.25) is 0 Å². The summed E-state index contributed by atoms with van der Waals surface area (Å²) in [5.41, 5.74) is 4.25. The molecular formula is C34H46N4O3. The Morgan fingerprint density at radius 2 is 1.68 bits per heavy atom. The van der Waals surface area contributed by atoms with E-state index in [9.17, 15) is 9.59 Å². The molecule has 0 radical (unpaired) electrons. The number of hydrogen-bond donors (Lipinski definition) is 2. The lowest BCUT2D eigenvalue weighted by Gasteiger charge is -2.59. The van der Waals surface area contributed by atoms with Gasteiger partial charge in [0.15, 0.2) is 0 Å². The topological polar surface area (TPSA) is 73.9 Å². The van der Waals surface area contributed by atoms with Gasteiger partial charge in [0.05, 0.1) is 13.2 Å². The van der Waals surface area contributed by atoms with Gasteiger partial charge in [0.25, 0.3) is 5.91 Å². The number of carbonyl (C=O) groups excluding carboxylic acids is 2. The second-order valence-electron chi connectivity index (χ2n) is 13.3. The molecule has 2 amide bonds. The molecule has 3 aliphatic carbocycles. The fourth-order valence-corrected chi connectivity index (χ4v) is 7.54. The van der Waals surface area contributed by atoms with Gasteiger partial charge in [-0.3, -0.25) is 14.4 Å². The molecule has 0 aromatic heterocycles. The van der Waals surface area contributed by atoms with E-state index in [-0.39, 0.29) is 17.9 Å². The van der Waals surface area contributed by atoms with Crippen LogP contribution in [0.1, 0.15) is 74.7 Å². The van der Waals surface area contributed by atoms with Crippen LogP contribution in [0.15, 0.2) is 48.5 Å². The Kier molecular flexibility index (Phi) is 8.47. The predicted octanol–water partition coefficient (Wildman–Crippen LogP) is 5.02. The standard InChI is InChI=1S/C34H46N4O3/c1-34(2)28-20-29(34)22-30(21-28)36-33(40)31-12-17-41-38(31)23-24-8-6-9-25(18-24)26-10-7-11-27(19-26)32(39)35-13-16-37-14-4-3-5-15-37/h6-11,18-19,28-31H,3-5,12-17,20-23H2,1-2H3,(H,35,39)(H,36,40)/t28-,29+,30?,31-/m0/s1. The highest BCUT2D eigenvalue weighted by Gasteiger charge is 2.53. The monoisotopic (exact) mass is 558 g/mol. The summed E-state index contributed by atoms with van der Waals surface area (Å²) in [5.74, 6) is 1.53. The summed E-state index contributed by atoms with van der Waals surface area (Å²) in [6, 6.07) is 16.2. The van der Waals surface area contributed by atoms with Gasteiger partial charge >= 0.3 is 0 Å². The molecule has 2 saturated heterocycles. The Balaban J connectivity index is 1.04. The molecule has 2 bridgehead atoms. The lowest BCUT2D eigenvalue weighted by atomic mass is 9.48. The number of hydrogen-bond acceptors (Lipinski definition) is 5. The number of hydroxylamine groups is 2. The van der Waals surface area contributed by atoms with Crippen LogP contribution in [0.5, 0.6) is 0 Å². The summed E-state index contributed by atoms with van der Waals surface area (Å²) >= 11 is 0. The van der Waals surface area contributed by atoms with Crippen molar-refractivity contribution in [2.45, 2.75) is 77.4 Å². The Labute approximate surface area is 245 Å². The molecule has 220 valence electrons. The van der Waals surface area contributed by atoms with E-state index in [1.807, 2.05) is 35.4 Å². The van der Waals surface area contributed by atoms with Crippen LogP contribution in [0, 0.1) is 17.3 Å². The predicted molar refractivity (Wildman–Crippen MR) is 161 cm³/mol.